The van der Waals surface area contributed by atoms with Gasteiger partial charge in [0.25, 0.3) is 0 Å². The molecule has 0 N–H and O–H groups in total. The van der Waals surface area contributed by atoms with Crippen LogP contribution in [0.2, 0.25) is 0 Å². The molecule has 0 aliphatic rings. The molecule has 0 nitrogen and oxygen atoms in total. The van der Waals surface area contributed by atoms with Crippen LogP contribution in [-0.4, -0.2) is 0 Å². The van der Waals surface area contributed by atoms with Gasteiger partial charge in [-0.15, -0.1) is 0 Å². The molecule has 0 rings (SSSR count). The van der Waals surface area contributed by atoms with Crippen molar-refractivity contribution < 1.29 is 80.9 Å². The molecule has 0 heterocycles. The van der Waals surface area contributed by atoms with E-state index < -0.39 is 0 Å². The molecule has 0 spiro atoms. The molecule has 0 aromatic rings. The molecule has 0 aliphatic carbocycles. The summed E-state index contributed by atoms with van der Waals surface area (Å²) in [4.78, 5) is 0. The molecule has 4 heteroatoms. The first kappa shape index (κ1) is 30.7. The van der Waals surface area contributed by atoms with Gasteiger partial charge in [-0.05, 0) is 0 Å². The van der Waals surface area contributed by atoms with E-state index in [1.807, 2.05) is 0 Å². The minimum Gasteiger partial charge on any atom is 0 e. The van der Waals surface area contributed by atoms with Gasteiger partial charge in [-0.25, -0.2) is 0 Å². The maximum absolute atomic E-state index is 0. The fourth-order valence-corrected chi connectivity index (χ4v) is 0. The van der Waals surface area contributed by atoms with E-state index in [1.54, 1.807) is 0 Å². The Kier molecular flexibility index (Phi) is 135. The Morgan fingerprint density at radius 3 is 1.00 bits per heavy atom. The van der Waals surface area contributed by atoms with E-state index in [9.17, 15) is 0 Å². The standard InChI is InChI=1S/Cd.Fe.Mn.Zn. The molecule has 0 fully saturated rings. The molecule has 0 unspecified atom stereocenters. The van der Waals surface area contributed by atoms with Crippen LogP contribution in [0, 0.1) is 0 Å². The topological polar surface area (TPSA) is 0 Å². The van der Waals surface area contributed by atoms with E-state index in [0.29, 0.717) is 0 Å². The van der Waals surface area contributed by atoms with Crippen molar-refractivity contribution in [3.63, 3.8) is 0 Å². The van der Waals surface area contributed by atoms with Crippen molar-refractivity contribution in [1.82, 2.24) is 0 Å². The molecule has 0 saturated carbocycles. The Hall–Kier alpha value is 2.58. The van der Waals surface area contributed by atoms with Crippen molar-refractivity contribution in [2.45, 2.75) is 0 Å². The summed E-state index contributed by atoms with van der Waals surface area (Å²) >= 11 is 0. The third-order valence-corrected chi connectivity index (χ3v) is 0. The minimum atomic E-state index is 0. The first-order chi connectivity index (χ1) is 0. The van der Waals surface area contributed by atoms with Crippen molar-refractivity contribution in [2.75, 3.05) is 0 Å². The Morgan fingerprint density at radius 1 is 1.00 bits per heavy atom. The van der Waals surface area contributed by atoms with Crippen molar-refractivity contribution in [1.29, 1.82) is 0 Å². The van der Waals surface area contributed by atoms with Gasteiger partial charge in [0.05, 0.1) is 0 Å². The van der Waals surface area contributed by atoms with Gasteiger partial charge in [-0.3, -0.25) is 0 Å². The second-order valence-corrected chi connectivity index (χ2v) is 0. The quantitative estimate of drug-likeness (QED) is 0.550. The largest absolute Gasteiger partial charge is 0 e. The van der Waals surface area contributed by atoms with Gasteiger partial charge in [-0.2, -0.15) is 0 Å². The van der Waals surface area contributed by atoms with Gasteiger partial charge in [0.1, 0.15) is 0 Å². The van der Waals surface area contributed by atoms with Crippen LogP contribution >= 0.6 is 0 Å². The van der Waals surface area contributed by atoms with E-state index in [2.05, 4.69) is 0 Å². The van der Waals surface area contributed by atoms with Crippen LogP contribution in [0.25, 0.3) is 0 Å². The molecule has 0 aliphatic heterocycles. The molecule has 0 bridgehead atoms. The molecule has 0 aromatic carbocycles. The van der Waals surface area contributed by atoms with E-state index in [1.165, 1.54) is 0 Å². The molecule has 0 amide bonds. The molecule has 4 heavy (non-hydrogen) atoms. The third kappa shape index (κ3) is 8.82. The zero-order valence-corrected chi connectivity index (χ0v) is 11.4. The van der Waals surface area contributed by atoms with Gasteiger partial charge in [0.15, 0.2) is 0 Å². The second-order valence-electron chi connectivity index (χ2n) is 0. The smallest absolute Gasteiger partial charge is 0 e. The molecule has 0 aromatic heterocycles. The fraction of sp³-hybridized carbons (Fsp3) is 0. The Balaban J connectivity index is 0. The SMILES string of the molecule is [Cd].[Fe].[Mn].[Zn]. The van der Waals surface area contributed by atoms with E-state index >= 15 is 0 Å². The minimum absolute atomic E-state index is 0. The second kappa shape index (κ2) is 17.6. The van der Waals surface area contributed by atoms with Crippen LogP contribution in [0.1, 0.15) is 0 Å². The first-order valence-electron chi connectivity index (χ1n) is 0. The van der Waals surface area contributed by atoms with Gasteiger partial charge in [0, 0.05) is 80.9 Å². The summed E-state index contributed by atoms with van der Waals surface area (Å²) in [5, 5.41) is 0. The van der Waals surface area contributed by atoms with Gasteiger partial charge < -0.3 is 0 Å². The number of rotatable bonds is 0. The van der Waals surface area contributed by atoms with Crippen molar-refractivity contribution in [3.05, 3.63) is 0 Å². The molecule has 0 atom stereocenters. The maximum Gasteiger partial charge on any atom is 0 e. The molecule has 19 valence electrons. The zero-order chi connectivity index (χ0) is 0. The molecular weight excluding hydrogens is 289 g/mol. The Morgan fingerprint density at radius 2 is 1.00 bits per heavy atom. The fourth-order valence-electron chi connectivity index (χ4n) is 0. The summed E-state index contributed by atoms with van der Waals surface area (Å²) in [6, 6.07) is 0. The van der Waals surface area contributed by atoms with Crippen LogP contribution in [0.3, 0.4) is 0 Å². The molecular formula is CdFeMnZn. The summed E-state index contributed by atoms with van der Waals surface area (Å²) in [5.74, 6) is 0. The summed E-state index contributed by atoms with van der Waals surface area (Å²) < 4.78 is 0. The van der Waals surface area contributed by atoms with E-state index in [4.69, 9.17) is 0 Å². The first-order valence-corrected chi connectivity index (χ1v) is 0. The summed E-state index contributed by atoms with van der Waals surface area (Å²) in [6.07, 6.45) is 0. The summed E-state index contributed by atoms with van der Waals surface area (Å²) in [7, 11) is 0. The van der Waals surface area contributed by atoms with Crippen LogP contribution in [0.5, 0.6) is 0 Å². The van der Waals surface area contributed by atoms with Crippen LogP contribution in [0.15, 0.2) is 0 Å². The average molecular weight is 289 g/mol. The van der Waals surface area contributed by atoms with E-state index in [0.717, 1.165) is 0 Å². The monoisotopic (exact) mass is 289 g/mol. The van der Waals surface area contributed by atoms with Crippen molar-refractivity contribution in [3.8, 4) is 0 Å². The van der Waals surface area contributed by atoms with Crippen LogP contribution in [0.4, 0.5) is 0 Å². The normalized spacial score (nSPS) is 0. The predicted molar refractivity (Wildman–Crippen MR) is 0 cm³/mol. The van der Waals surface area contributed by atoms with Gasteiger partial charge in [-0.1, -0.05) is 0 Å². The van der Waals surface area contributed by atoms with Crippen LogP contribution < -0.4 is 0 Å². The number of hydrogen-bond donors (Lipinski definition) is 0. The van der Waals surface area contributed by atoms with Gasteiger partial charge in [0.2, 0.25) is 0 Å². The predicted octanol–water partition coefficient (Wildman–Crippen LogP) is -0.0100. The third-order valence-electron chi connectivity index (χ3n) is 0. The molecule has 0 saturated heterocycles. The molecule has 1 radical (unpaired) electrons. The zero-order valence-electron chi connectivity index (χ0n) is 2.15. The maximum atomic E-state index is 0. The van der Waals surface area contributed by atoms with Crippen LogP contribution in [-0.2, 0) is 80.9 Å². The Bertz CT molecular complexity index is 8.00. The summed E-state index contributed by atoms with van der Waals surface area (Å²) in [6.45, 7) is 0. The number of hydrogen-bond acceptors (Lipinski definition) is 0. The van der Waals surface area contributed by atoms with Gasteiger partial charge >= 0.3 is 0 Å². The van der Waals surface area contributed by atoms with Crippen molar-refractivity contribution >= 4 is 0 Å². The Labute approximate surface area is 79.7 Å². The van der Waals surface area contributed by atoms with E-state index in [-0.39, 0.29) is 80.9 Å². The average Bonchev–Trinajstić information content (AvgIpc) is 0. The van der Waals surface area contributed by atoms with Crippen molar-refractivity contribution in [2.24, 2.45) is 0 Å². The summed E-state index contributed by atoms with van der Waals surface area (Å²) in [5.41, 5.74) is 0.